The Balaban J connectivity index is 1.74. The molecule has 5 rings (SSSR count). The van der Waals surface area contributed by atoms with Crippen molar-refractivity contribution in [3.05, 3.63) is 46.2 Å². The predicted octanol–water partition coefficient (Wildman–Crippen LogP) is 4.78. The van der Waals surface area contributed by atoms with Crippen molar-refractivity contribution in [2.45, 2.75) is 41.5 Å². The van der Waals surface area contributed by atoms with E-state index in [1.54, 1.807) is 25.9 Å². The molecule has 0 saturated heterocycles. The third-order valence-corrected chi connectivity index (χ3v) is 11.4. The van der Waals surface area contributed by atoms with E-state index in [9.17, 15) is 26.7 Å². The maximum Gasteiger partial charge on any atom is 0.291 e. The molecule has 1 unspecified atom stereocenters. The van der Waals surface area contributed by atoms with E-state index in [0.717, 1.165) is 0 Å². The zero-order valence-corrected chi connectivity index (χ0v) is 25.8. The zero-order valence-electron chi connectivity index (χ0n) is 22.6. The van der Waals surface area contributed by atoms with Gasteiger partial charge in [-0.05, 0) is 52.1 Å². The predicted molar refractivity (Wildman–Crippen MR) is 155 cm³/mol. The van der Waals surface area contributed by atoms with E-state index < -0.39 is 36.7 Å². The highest BCUT2D eigenvalue weighted by Crippen LogP contribution is 2.40. The SMILES string of the molecule is CN(C)CCS(=N)(=O)c1ccc(-c2cc(S(=O)(=O)NC3(C)CC3)cn3c(-c4nnc(C(F)F)s4)nc(Cl)c23)c(C#N)c1. The Morgan fingerprint density at radius 3 is 2.52 bits per heavy atom. The zero-order chi connectivity index (χ0) is 30.6. The monoisotopic (exact) mass is 654 g/mol. The van der Waals surface area contributed by atoms with E-state index in [2.05, 4.69) is 26.0 Å². The van der Waals surface area contributed by atoms with Crippen LogP contribution in [0.3, 0.4) is 0 Å². The molecule has 42 heavy (non-hydrogen) atoms. The molecule has 1 aliphatic rings. The molecular formula is C25H25ClF2N8O3S3. The van der Waals surface area contributed by atoms with Crippen LogP contribution in [0.1, 0.15) is 36.8 Å². The van der Waals surface area contributed by atoms with Crippen LogP contribution in [-0.4, -0.2) is 69.0 Å². The molecular weight excluding hydrogens is 630 g/mol. The maximum atomic E-state index is 13.5. The standard InChI is InChI=1S/C25H25ClF2N8O3S3/c1-25(6-7-25)34-42(38,39)16-11-18(17-5-4-15(10-14(17)12-29)41(30,37)9-8-35(2)3)19-20(26)31-22(36(19)13-16)24-33-32-23(40-24)21(27)28/h4-5,10-11,13,21,30,34H,6-9H2,1-3H3. The highest BCUT2D eigenvalue weighted by molar-refractivity contribution is 7.92. The summed E-state index contributed by atoms with van der Waals surface area (Å²) in [5.74, 6) is 0.0377. The van der Waals surface area contributed by atoms with Crippen molar-refractivity contribution in [1.82, 2.24) is 29.2 Å². The summed E-state index contributed by atoms with van der Waals surface area (Å²) in [5, 5.41) is 16.7. The summed E-state index contributed by atoms with van der Waals surface area (Å²) in [6, 6.07) is 7.72. The molecule has 4 aromatic rings. The number of rotatable bonds is 10. The number of nitriles is 1. The topological polar surface area (TPSA) is 157 Å². The van der Waals surface area contributed by atoms with E-state index in [4.69, 9.17) is 16.4 Å². The molecule has 0 spiro atoms. The molecule has 0 amide bonds. The van der Waals surface area contributed by atoms with Gasteiger partial charge in [-0.15, -0.1) is 10.2 Å². The van der Waals surface area contributed by atoms with Gasteiger partial charge in [-0.1, -0.05) is 29.0 Å². The summed E-state index contributed by atoms with van der Waals surface area (Å²) in [7, 11) is -3.75. The number of sulfonamides is 1. The molecule has 11 nitrogen and oxygen atoms in total. The lowest BCUT2D eigenvalue weighted by Gasteiger charge is -2.16. The van der Waals surface area contributed by atoms with Gasteiger partial charge < -0.3 is 4.90 Å². The van der Waals surface area contributed by atoms with Gasteiger partial charge >= 0.3 is 0 Å². The van der Waals surface area contributed by atoms with Crippen molar-refractivity contribution in [1.29, 1.82) is 10.0 Å². The number of hydrogen-bond acceptors (Lipinski definition) is 10. The Kier molecular flexibility index (Phi) is 7.88. The molecule has 1 fully saturated rings. The third-order valence-electron chi connectivity index (χ3n) is 6.78. The Morgan fingerprint density at radius 1 is 1.21 bits per heavy atom. The van der Waals surface area contributed by atoms with Crippen LogP contribution < -0.4 is 4.72 Å². The quantitative estimate of drug-likeness (QED) is 0.247. The first-order valence-corrected chi connectivity index (χ1v) is 16.9. The van der Waals surface area contributed by atoms with Crippen LogP contribution in [0.25, 0.3) is 27.5 Å². The van der Waals surface area contributed by atoms with Crippen LogP contribution in [-0.2, 0) is 19.8 Å². The van der Waals surface area contributed by atoms with Gasteiger partial charge in [-0.3, -0.25) is 4.40 Å². The average Bonchev–Trinajstić information content (AvgIpc) is 3.30. The molecule has 0 aliphatic heterocycles. The van der Waals surface area contributed by atoms with E-state index in [-0.39, 0.29) is 53.7 Å². The fraction of sp³-hybridized carbons (Fsp3) is 0.360. The number of hydrogen-bond donors (Lipinski definition) is 2. The van der Waals surface area contributed by atoms with E-state index in [1.807, 2.05) is 0 Å². The fourth-order valence-electron chi connectivity index (χ4n) is 4.22. The van der Waals surface area contributed by atoms with Crippen molar-refractivity contribution in [2.75, 3.05) is 26.4 Å². The molecule has 3 heterocycles. The van der Waals surface area contributed by atoms with Gasteiger partial charge in [0.2, 0.25) is 10.0 Å². The number of alkyl halides is 2. The Bertz CT molecular complexity index is 1960. The molecule has 1 aromatic carbocycles. The molecule has 3 aromatic heterocycles. The summed E-state index contributed by atoms with van der Waals surface area (Å²) in [6.45, 7) is 2.17. The van der Waals surface area contributed by atoms with Crippen LogP contribution in [0.5, 0.6) is 0 Å². The number of nitrogens with zero attached hydrogens (tertiary/aromatic N) is 6. The largest absolute Gasteiger partial charge is 0.308 e. The number of benzene rings is 1. The summed E-state index contributed by atoms with van der Waals surface area (Å²) < 4.78 is 79.1. The average molecular weight is 655 g/mol. The number of fused-ring (bicyclic) bond motifs is 1. The van der Waals surface area contributed by atoms with E-state index >= 15 is 0 Å². The first-order valence-electron chi connectivity index (χ1n) is 12.5. The lowest BCUT2D eigenvalue weighted by atomic mass is 10.0. The van der Waals surface area contributed by atoms with Crippen LogP contribution in [0.2, 0.25) is 5.15 Å². The molecule has 1 atom stereocenters. The van der Waals surface area contributed by atoms with Gasteiger partial charge in [0.15, 0.2) is 21.0 Å². The van der Waals surface area contributed by atoms with E-state index in [0.29, 0.717) is 30.7 Å². The van der Waals surface area contributed by atoms with E-state index in [1.165, 1.54) is 34.9 Å². The van der Waals surface area contributed by atoms with Crippen molar-refractivity contribution >= 4 is 48.2 Å². The van der Waals surface area contributed by atoms with Crippen LogP contribution in [0, 0.1) is 16.1 Å². The highest BCUT2D eigenvalue weighted by atomic mass is 35.5. The van der Waals surface area contributed by atoms with Gasteiger partial charge in [0.25, 0.3) is 6.43 Å². The van der Waals surface area contributed by atoms with Crippen LogP contribution in [0.15, 0.2) is 40.3 Å². The Labute approximate surface area is 250 Å². The lowest BCUT2D eigenvalue weighted by molar-refractivity contribution is 0.150. The van der Waals surface area contributed by atoms with Crippen molar-refractivity contribution in [3.8, 4) is 28.0 Å². The number of nitrogens with one attached hydrogen (secondary N) is 2. The second-order valence-corrected chi connectivity index (χ2v) is 15.7. The van der Waals surface area contributed by atoms with Crippen molar-refractivity contribution < 1.29 is 21.4 Å². The minimum Gasteiger partial charge on any atom is -0.308 e. The van der Waals surface area contributed by atoms with Crippen LogP contribution >= 0.6 is 22.9 Å². The molecule has 1 aliphatic carbocycles. The molecule has 17 heteroatoms. The second kappa shape index (κ2) is 10.9. The fourth-order valence-corrected chi connectivity index (χ4v) is 8.12. The van der Waals surface area contributed by atoms with Crippen molar-refractivity contribution in [2.24, 2.45) is 0 Å². The Hall–Kier alpha value is -3.07. The van der Waals surface area contributed by atoms with Gasteiger partial charge in [-0.25, -0.2) is 35.9 Å². The minimum absolute atomic E-state index is 0.0108. The summed E-state index contributed by atoms with van der Waals surface area (Å²) >= 11 is 7.14. The Morgan fingerprint density at radius 2 is 1.93 bits per heavy atom. The molecule has 2 N–H and O–H groups in total. The molecule has 1 saturated carbocycles. The smallest absolute Gasteiger partial charge is 0.291 e. The first kappa shape index (κ1) is 30.4. The third kappa shape index (κ3) is 5.90. The second-order valence-electron chi connectivity index (χ2n) is 10.4. The van der Waals surface area contributed by atoms with Crippen LogP contribution in [0.4, 0.5) is 8.78 Å². The van der Waals surface area contributed by atoms with Gasteiger partial charge in [0, 0.05) is 40.1 Å². The number of halogens is 3. The first-order chi connectivity index (χ1) is 19.6. The lowest BCUT2D eigenvalue weighted by Crippen LogP contribution is -2.34. The molecule has 0 bridgehead atoms. The minimum atomic E-state index is -4.10. The number of aromatic nitrogens is 4. The summed E-state index contributed by atoms with van der Waals surface area (Å²) in [6.07, 6.45) is -0.284. The molecule has 0 radical (unpaired) electrons. The van der Waals surface area contributed by atoms with Crippen molar-refractivity contribution in [3.63, 3.8) is 0 Å². The number of pyridine rings is 1. The maximum absolute atomic E-state index is 13.5. The van der Waals surface area contributed by atoms with Gasteiger partial charge in [0.05, 0.1) is 31.8 Å². The number of imidazole rings is 1. The summed E-state index contributed by atoms with van der Waals surface area (Å²) in [5.41, 5.74) is 0.0811. The highest BCUT2D eigenvalue weighted by Gasteiger charge is 2.41. The van der Waals surface area contributed by atoms with Gasteiger partial charge in [0.1, 0.15) is 0 Å². The normalized spacial score (nSPS) is 16.2. The summed E-state index contributed by atoms with van der Waals surface area (Å²) in [4.78, 5) is 6.06. The van der Waals surface area contributed by atoms with Gasteiger partial charge in [-0.2, -0.15) is 5.26 Å². The molecule has 222 valence electrons.